The summed E-state index contributed by atoms with van der Waals surface area (Å²) < 4.78 is 0.981. The Morgan fingerprint density at radius 3 is 1.29 bits per heavy atom. The van der Waals surface area contributed by atoms with E-state index in [4.69, 9.17) is 5.73 Å². The van der Waals surface area contributed by atoms with Gasteiger partial charge in [0.05, 0.1) is 20.6 Å². The highest BCUT2D eigenvalue weighted by molar-refractivity contribution is 4.50. The normalized spacial score (nSPS) is 12.9. The Kier molecular flexibility index (Phi) is 20.2. The Hall–Kier alpha value is 0.400. The fourth-order valence-corrected chi connectivity index (χ4v) is 3.37. The number of nitrogens with zero attached hydrogens (tertiary/aromatic N) is 1. The van der Waals surface area contributed by atoms with E-state index in [0.29, 0.717) is 6.17 Å². The van der Waals surface area contributed by atoms with Crippen LogP contribution in [0.25, 0.3) is 0 Å². The maximum absolute atomic E-state index is 6.18. The fourth-order valence-electron chi connectivity index (χ4n) is 3.37. The zero-order chi connectivity index (χ0) is 17.4. The lowest BCUT2D eigenvalue weighted by Crippen LogP contribution is -3.00. The van der Waals surface area contributed by atoms with E-state index in [1.54, 1.807) is 0 Å². The van der Waals surface area contributed by atoms with Gasteiger partial charge in [-0.1, -0.05) is 90.9 Å². The summed E-state index contributed by atoms with van der Waals surface area (Å²) in [6.45, 7) is 5.71. The van der Waals surface area contributed by atoms with Gasteiger partial charge in [-0.2, -0.15) is 0 Å². The van der Waals surface area contributed by atoms with Crippen LogP contribution in [0.4, 0.5) is 0 Å². The summed E-state index contributed by atoms with van der Waals surface area (Å²) in [5.74, 6) is 0. The minimum atomic E-state index is 0. The van der Waals surface area contributed by atoms with Crippen LogP contribution in [0.5, 0.6) is 0 Å². The molecule has 0 aromatic rings. The Balaban J connectivity index is 0. The average molecular weight is 408 g/mol. The maximum atomic E-state index is 6.18. The highest BCUT2D eigenvalue weighted by Crippen LogP contribution is 2.14. The minimum Gasteiger partial charge on any atom is -1.00 e. The van der Waals surface area contributed by atoms with Gasteiger partial charge in [0, 0.05) is 6.42 Å². The van der Waals surface area contributed by atoms with Crippen molar-refractivity contribution in [3.05, 3.63) is 0 Å². The number of hydrogen-bond donors (Lipinski definition) is 1. The molecule has 0 aliphatic carbocycles. The molecule has 0 saturated heterocycles. The predicted octanol–water partition coefficient (Wildman–Crippen LogP) is 3.24. The van der Waals surface area contributed by atoms with Gasteiger partial charge in [-0.15, -0.1) is 0 Å². The van der Waals surface area contributed by atoms with E-state index in [-0.39, 0.29) is 17.0 Å². The van der Waals surface area contributed by atoms with Crippen LogP contribution in [-0.4, -0.2) is 31.3 Å². The van der Waals surface area contributed by atoms with Crippen molar-refractivity contribution >= 4 is 0 Å². The van der Waals surface area contributed by atoms with Gasteiger partial charge in [-0.25, -0.2) is 0 Å². The van der Waals surface area contributed by atoms with E-state index in [0.717, 1.165) is 10.9 Å². The Labute approximate surface area is 164 Å². The molecule has 0 aromatic heterocycles. The largest absolute Gasteiger partial charge is 1.00 e. The van der Waals surface area contributed by atoms with Gasteiger partial charge in [-0.05, 0) is 12.8 Å². The molecule has 0 heterocycles. The first kappa shape index (κ1) is 26.6. The molecule has 0 radical (unpaired) electrons. The van der Waals surface area contributed by atoms with Crippen LogP contribution >= 0.6 is 0 Å². The van der Waals surface area contributed by atoms with Crippen molar-refractivity contribution in [2.24, 2.45) is 5.73 Å². The van der Waals surface area contributed by atoms with Gasteiger partial charge in [0.2, 0.25) is 0 Å². The van der Waals surface area contributed by atoms with Crippen molar-refractivity contribution in [3.63, 3.8) is 0 Å². The van der Waals surface area contributed by atoms with Crippen molar-refractivity contribution in [3.8, 4) is 0 Å². The number of rotatable bonds is 17. The van der Waals surface area contributed by atoms with E-state index in [1.165, 1.54) is 96.4 Å². The summed E-state index contributed by atoms with van der Waals surface area (Å²) in [6.07, 6.45) is 21.4. The number of unbranched alkanes of at least 4 members (excludes halogenated alkanes) is 13. The fraction of sp³-hybridized carbons (Fsp3) is 1.00. The smallest absolute Gasteiger partial charge is 0.139 e. The van der Waals surface area contributed by atoms with Crippen molar-refractivity contribution in [1.29, 1.82) is 0 Å². The molecule has 0 aromatic carbocycles. The van der Waals surface area contributed by atoms with Crippen molar-refractivity contribution in [1.82, 2.24) is 0 Å². The molecule has 0 rings (SSSR count). The Morgan fingerprint density at radius 2 is 0.958 bits per heavy atom. The summed E-state index contributed by atoms with van der Waals surface area (Å²) >= 11 is 0. The van der Waals surface area contributed by atoms with Gasteiger partial charge in [0.25, 0.3) is 0 Å². The lowest BCUT2D eigenvalue weighted by molar-refractivity contribution is -0.915. The second-order valence-corrected chi connectivity index (χ2v) is 8.07. The van der Waals surface area contributed by atoms with Crippen LogP contribution in [-0.2, 0) is 0 Å². The minimum absolute atomic E-state index is 0. The highest BCUT2D eigenvalue weighted by Gasteiger charge is 2.21. The molecule has 0 aliphatic rings. The van der Waals surface area contributed by atoms with Gasteiger partial charge >= 0.3 is 0 Å². The Bertz CT molecular complexity index is 244. The SMILES string of the molecule is CCCCCCCCCCCCCCCC[N+](C)(C)C(N)CC.[Br-]. The van der Waals surface area contributed by atoms with E-state index >= 15 is 0 Å². The van der Waals surface area contributed by atoms with E-state index in [1.807, 2.05) is 0 Å². The summed E-state index contributed by atoms with van der Waals surface area (Å²) in [6, 6.07) is 0. The molecule has 148 valence electrons. The standard InChI is InChI=1S/C21H47N2.BrH/c1-5-7-8-9-10-11-12-13-14-15-16-17-18-19-20-23(3,4)21(22)6-2;/h21H,5-20,22H2,1-4H3;1H/q+1;/p-1. The second kappa shape index (κ2) is 18.2. The maximum Gasteiger partial charge on any atom is 0.139 e. The van der Waals surface area contributed by atoms with Crippen molar-refractivity contribution in [2.45, 2.75) is 116 Å². The lowest BCUT2D eigenvalue weighted by atomic mass is 10.0. The van der Waals surface area contributed by atoms with E-state index in [9.17, 15) is 0 Å². The van der Waals surface area contributed by atoms with Gasteiger partial charge < -0.3 is 21.5 Å². The molecular formula is C21H47BrN2. The van der Waals surface area contributed by atoms with Crippen molar-refractivity contribution in [2.75, 3.05) is 20.6 Å². The van der Waals surface area contributed by atoms with Crippen molar-refractivity contribution < 1.29 is 21.5 Å². The van der Waals surface area contributed by atoms with Crippen LogP contribution in [0.2, 0.25) is 0 Å². The summed E-state index contributed by atoms with van der Waals surface area (Å²) in [4.78, 5) is 0. The van der Waals surface area contributed by atoms with Gasteiger partial charge in [0.1, 0.15) is 6.17 Å². The highest BCUT2D eigenvalue weighted by atomic mass is 79.9. The molecule has 0 spiro atoms. The molecule has 24 heavy (non-hydrogen) atoms. The monoisotopic (exact) mass is 406 g/mol. The summed E-state index contributed by atoms with van der Waals surface area (Å²) in [7, 11) is 4.55. The molecular weight excluding hydrogens is 360 g/mol. The zero-order valence-corrected chi connectivity index (χ0v) is 18.9. The number of nitrogens with two attached hydrogens (primary N) is 1. The first-order valence-corrected chi connectivity index (χ1v) is 10.6. The summed E-state index contributed by atoms with van der Waals surface area (Å²) in [5, 5.41) is 0. The average Bonchev–Trinajstić information content (AvgIpc) is 2.54. The van der Waals surface area contributed by atoms with Crippen LogP contribution < -0.4 is 22.7 Å². The number of halogens is 1. The first-order chi connectivity index (χ1) is 11.0. The van der Waals surface area contributed by atoms with E-state index < -0.39 is 0 Å². The predicted molar refractivity (Wildman–Crippen MR) is 106 cm³/mol. The molecule has 0 bridgehead atoms. The van der Waals surface area contributed by atoms with Crippen LogP contribution in [0.1, 0.15) is 110 Å². The molecule has 2 nitrogen and oxygen atoms in total. The topological polar surface area (TPSA) is 26.0 Å². The van der Waals surface area contributed by atoms with E-state index in [2.05, 4.69) is 27.9 Å². The van der Waals surface area contributed by atoms with Gasteiger partial charge in [0.15, 0.2) is 0 Å². The molecule has 0 amide bonds. The van der Waals surface area contributed by atoms with Crippen LogP contribution in [0.3, 0.4) is 0 Å². The van der Waals surface area contributed by atoms with Crippen LogP contribution in [0.15, 0.2) is 0 Å². The third kappa shape index (κ3) is 15.9. The molecule has 0 aliphatic heterocycles. The third-order valence-electron chi connectivity index (χ3n) is 5.40. The summed E-state index contributed by atoms with van der Waals surface area (Å²) in [5.41, 5.74) is 6.18. The number of quaternary nitrogens is 1. The second-order valence-electron chi connectivity index (χ2n) is 8.07. The molecule has 0 saturated carbocycles. The third-order valence-corrected chi connectivity index (χ3v) is 5.40. The molecule has 1 unspecified atom stereocenters. The molecule has 2 N–H and O–H groups in total. The molecule has 3 heteroatoms. The first-order valence-electron chi connectivity index (χ1n) is 10.6. The van der Waals surface area contributed by atoms with Crippen LogP contribution in [0, 0.1) is 0 Å². The molecule has 1 atom stereocenters. The Morgan fingerprint density at radius 1 is 0.625 bits per heavy atom. The quantitative estimate of drug-likeness (QED) is 0.224. The number of hydrogen-bond acceptors (Lipinski definition) is 1. The lowest BCUT2D eigenvalue weighted by Gasteiger charge is -2.35. The molecule has 0 fully saturated rings. The van der Waals surface area contributed by atoms with Gasteiger partial charge in [-0.3, -0.25) is 5.73 Å². The zero-order valence-electron chi connectivity index (χ0n) is 17.3.